The number of imidazole rings is 1. The highest BCUT2D eigenvalue weighted by Gasteiger charge is 2.28. The van der Waals surface area contributed by atoms with Crippen molar-refractivity contribution in [1.29, 1.82) is 0 Å². The summed E-state index contributed by atoms with van der Waals surface area (Å²) in [6.45, 7) is 4.01. The molecule has 2 heterocycles. The van der Waals surface area contributed by atoms with Gasteiger partial charge in [0.05, 0.1) is 13.0 Å². The van der Waals surface area contributed by atoms with Crippen molar-refractivity contribution >= 4 is 29.3 Å². The molecule has 37 heavy (non-hydrogen) atoms. The average molecular weight is 507 g/mol. The smallest absolute Gasteiger partial charge is 0.325 e. The van der Waals surface area contributed by atoms with Crippen molar-refractivity contribution in [3.05, 3.63) is 53.7 Å². The summed E-state index contributed by atoms with van der Waals surface area (Å²) in [5.41, 5.74) is 3.52. The molecule has 0 aliphatic heterocycles. The lowest BCUT2D eigenvalue weighted by atomic mass is 9.82. The minimum atomic E-state index is -0.917. The highest BCUT2D eigenvalue weighted by atomic mass is 16.5. The van der Waals surface area contributed by atoms with Gasteiger partial charge in [0.2, 0.25) is 0 Å². The first-order valence-corrected chi connectivity index (χ1v) is 12.9. The van der Waals surface area contributed by atoms with E-state index >= 15 is 0 Å². The van der Waals surface area contributed by atoms with Gasteiger partial charge in [-0.05, 0) is 50.3 Å². The second kappa shape index (κ2) is 11.9. The van der Waals surface area contributed by atoms with Crippen LogP contribution in [0.25, 0.3) is 16.9 Å². The minimum Gasteiger partial charge on any atom is -0.481 e. The van der Waals surface area contributed by atoms with E-state index in [-0.39, 0.29) is 30.8 Å². The third-order valence-corrected chi connectivity index (χ3v) is 6.92. The lowest BCUT2D eigenvalue weighted by molar-refractivity contribution is -0.141. The van der Waals surface area contributed by atoms with E-state index in [2.05, 4.69) is 10.6 Å². The molecule has 1 unspecified atom stereocenters. The van der Waals surface area contributed by atoms with Crippen LogP contribution in [0.15, 0.2) is 42.6 Å². The number of aromatic nitrogens is 2. The number of carboxylic acids is 1. The number of pyridine rings is 1. The Labute approximate surface area is 216 Å². The topological polar surface area (TPSA) is 122 Å². The number of carbonyl (C=O) groups is 3. The first-order valence-electron chi connectivity index (χ1n) is 12.9. The zero-order valence-electron chi connectivity index (χ0n) is 21.3. The molecule has 1 amide bonds. The first-order chi connectivity index (χ1) is 17.9. The molecule has 9 heteroatoms. The van der Waals surface area contributed by atoms with Crippen LogP contribution in [0, 0.1) is 12.8 Å². The third kappa shape index (κ3) is 6.28. The van der Waals surface area contributed by atoms with Crippen LogP contribution >= 0.6 is 0 Å². The molecule has 1 aromatic carbocycles. The quantitative estimate of drug-likeness (QED) is 0.348. The predicted octanol–water partition coefficient (Wildman–Crippen LogP) is 4.44. The van der Waals surface area contributed by atoms with E-state index in [1.165, 1.54) is 0 Å². The number of aliphatic carboxylic acids is 1. The second-order valence-corrected chi connectivity index (χ2v) is 9.50. The van der Waals surface area contributed by atoms with Crippen LogP contribution < -0.4 is 10.6 Å². The molecule has 0 radical (unpaired) electrons. The Morgan fingerprint density at radius 2 is 1.92 bits per heavy atom. The van der Waals surface area contributed by atoms with Gasteiger partial charge in [-0.2, -0.15) is 0 Å². The maximum absolute atomic E-state index is 13.2. The lowest BCUT2D eigenvalue weighted by Crippen LogP contribution is -2.42. The van der Waals surface area contributed by atoms with Gasteiger partial charge in [-0.15, -0.1) is 0 Å². The van der Waals surface area contributed by atoms with Gasteiger partial charge in [0, 0.05) is 23.4 Å². The Kier molecular flexibility index (Phi) is 8.43. The maximum atomic E-state index is 13.2. The Morgan fingerprint density at radius 1 is 1.16 bits per heavy atom. The number of benzene rings is 1. The molecule has 4 rings (SSSR count). The average Bonchev–Trinajstić information content (AvgIpc) is 3.25. The van der Waals surface area contributed by atoms with Crippen molar-refractivity contribution in [3.8, 4) is 11.3 Å². The molecule has 1 fully saturated rings. The molecule has 1 aliphatic rings. The van der Waals surface area contributed by atoms with Crippen LogP contribution in [0.5, 0.6) is 0 Å². The first kappa shape index (κ1) is 26.2. The van der Waals surface area contributed by atoms with Gasteiger partial charge in [0.25, 0.3) is 5.91 Å². The van der Waals surface area contributed by atoms with Crippen molar-refractivity contribution < 1.29 is 24.2 Å². The van der Waals surface area contributed by atoms with Gasteiger partial charge in [-0.3, -0.25) is 18.8 Å². The summed E-state index contributed by atoms with van der Waals surface area (Å²) in [6.07, 6.45) is 6.75. The summed E-state index contributed by atoms with van der Waals surface area (Å²) >= 11 is 0. The number of fused-ring (bicyclic) bond motifs is 1. The van der Waals surface area contributed by atoms with Gasteiger partial charge < -0.3 is 20.5 Å². The molecule has 3 aromatic rings. The molecular weight excluding hydrogens is 472 g/mol. The molecule has 1 saturated carbocycles. The van der Waals surface area contributed by atoms with Crippen LogP contribution in [0.2, 0.25) is 0 Å². The van der Waals surface area contributed by atoms with Crippen LogP contribution in [0.4, 0.5) is 5.82 Å². The molecule has 9 nitrogen and oxygen atoms in total. The Morgan fingerprint density at radius 3 is 2.62 bits per heavy atom. The predicted molar refractivity (Wildman–Crippen MR) is 141 cm³/mol. The number of esters is 1. The summed E-state index contributed by atoms with van der Waals surface area (Å²) in [6, 6.07) is 10.8. The Balaban J connectivity index is 1.65. The van der Waals surface area contributed by atoms with E-state index in [1.807, 2.05) is 31.2 Å². The molecule has 3 N–H and O–H groups in total. The van der Waals surface area contributed by atoms with Gasteiger partial charge in [0.15, 0.2) is 0 Å². The van der Waals surface area contributed by atoms with Crippen molar-refractivity contribution in [1.82, 2.24) is 14.7 Å². The molecule has 2 aromatic heterocycles. The van der Waals surface area contributed by atoms with E-state index < -0.39 is 12.0 Å². The molecule has 196 valence electrons. The fourth-order valence-electron chi connectivity index (χ4n) is 5.06. The van der Waals surface area contributed by atoms with Crippen LogP contribution in [0.1, 0.15) is 61.4 Å². The van der Waals surface area contributed by atoms with Crippen LogP contribution in [-0.4, -0.2) is 51.5 Å². The molecule has 0 spiro atoms. The fourth-order valence-corrected chi connectivity index (χ4v) is 5.06. The van der Waals surface area contributed by atoms with Gasteiger partial charge >= 0.3 is 11.9 Å². The highest BCUT2D eigenvalue weighted by Crippen LogP contribution is 2.32. The fraction of sp³-hybridized carbons (Fsp3) is 0.429. The van der Waals surface area contributed by atoms with Crippen molar-refractivity contribution in [2.24, 2.45) is 5.92 Å². The standard InChI is InChI=1S/C28H34N4O5/c1-3-37-25(35)17-29-27-26(21-12-8-7-9-18(21)2)31-23-15-20(13-14-32(23)27)28(36)30-22(16-24(33)34)19-10-5-4-6-11-19/h7-9,12-15,19,22,29H,3-6,10-11,16-17H2,1-2H3,(H,30,36)(H,33,34). The number of anilines is 1. The van der Waals surface area contributed by atoms with Gasteiger partial charge in [-0.1, -0.05) is 43.5 Å². The number of aryl methyl sites for hydroxylation is 1. The minimum absolute atomic E-state index is 0.0268. The number of rotatable bonds is 10. The summed E-state index contributed by atoms with van der Waals surface area (Å²) in [5.74, 6) is -0.831. The molecule has 0 saturated heterocycles. The number of carbonyl (C=O) groups excluding carboxylic acids is 2. The number of carboxylic acid groups (broad SMARTS) is 1. The zero-order chi connectivity index (χ0) is 26.4. The Bertz CT molecular complexity index is 1280. The number of hydrogen-bond acceptors (Lipinski definition) is 6. The molecule has 1 atom stereocenters. The third-order valence-electron chi connectivity index (χ3n) is 6.92. The SMILES string of the molecule is CCOC(=O)CNc1c(-c2ccccc2C)nc2cc(C(=O)NC(CC(=O)O)C3CCCCC3)ccn12. The zero-order valence-corrected chi connectivity index (χ0v) is 21.3. The van der Waals surface area contributed by atoms with Gasteiger partial charge in [-0.25, -0.2) is 4.98 Å². The van der Waals surface area contributed by atoms with E-state index in [0.29, 0.717) is 29.3 Å². The summed E-state index contributed by atoms with van der Waals surface area (Å²) < 4.78 is 6.86. The largest absolute Gasteiger partial charge is 0.481 e. The molecule has 0 bridgehead atoms. The highest BCUT2D eigenvalue weighted by molar-refractivity contribution is 5.96. The molecule has 1 aliphatic carbocycles. The normalized spacial score (nSPS) is 14.8. The number of nitrogens with one attached hydrogen (secondary N) is 2. The van der Waals surface area contributed by atoms with Gasteiger partial charge in [0.1, 0.15) is 23.7 Å². The summed E-state index contributed by atoms with van der Waals surface area (Å²) in [5, 5.41) is 15.6. The van der Waals surface area contributed by atoms with E-state index in [9.17, 15) is 19.5 Å². The number of hydrogen-bond donors (Lipinski definition) is 3. The Hall–Kier alpha value is -3.88. The lowest BCUT2D eigenvalue weighted by Gasteiger charge is -2.30. The summed E-state index contributed by atoms with van der Waals surface area (Å²) in [7, 11) is 0. The summed E-state index contributed by atoms with van der Waals surface area (Å²) in [4.78, 5) is 41.5. The number of amides is 1. The number of ether oxygens (including phenoxy) is 1. The van der Waals surface area contributed by atoms with Crippen LogP contribution in [-0.2, 0) is 14.3 Å². The van der Waals surface area contributed by atoms with Crippen molar-refractivity contribution in [2.75, 3.05) is 18.5 Å². The maximum Gasteiger partial charge on any atom is 0.325 e. The van der Waals surface area contributed by atoms with Crippen LogP contribution in [0.3, 0.4) is 0 Å². The van der Waals surface area contributed by atoms with E-state index in [0.717, 1.165) is 43.2 Å². The molecular formula is C28H34N4O5. The number of nitrogens with zero attached hydrogens (tertiary/aromatic N) is 2. The second-order valence-electron chi connectivity index (χ2n) is 9.50. The van der Waals surface area contributed by atoms with E-state index in [1.54, 1.807) is 29.7 Å². The van der Waals surface area contributed by atoms with Crippen molar-refractivity contribution in [2.45, 2.75) is 58.4 Å². The van der Waals surface area contributed by atoms with Crippen molar-refractivity contribution in [3.63, 3.8) is 0 Å². The monoisotopic (exact) mass is 506 g/mol. The van der Waals surface area contributed by atoms with E-state index in [4.69, 9.17) is 9.72 Å².